The van der Waals surface area contributed by atoms with Crippen molar-refractivity contribution in [1.29, 1.82) is 0 Å². The van der Waals surface area contributed by atoms with E-state index in [0.29, 0.717) is 5.02 Å². The van der Waals surface area contributed by atoms with Crippen LogP contribution < -0.4 is 4.90 Å². The molecular formula is C14H16ClNO2S. The third-order valence-corrected chi connectivity index (χ3v) is 4.36. The quantitative estimate of drug-likeness (QED) is 0.868. The van der Waals surface area contributed by atoms with Crippen LogP contribution in [0.5, 0.6) is 0 Å². The number of anilines is 1. The molecule has 0 bridgehead atoms. The van der Waals surface area contributed by atoms with Gasteiger partial charge < -0.3 is 10.0 Å². The second kappa shape index (κ2) is 6.87. The smallest absolute Gasteiger partial charge is 0.328 e. The number of aliphatic carboxylic acids is 1. The summed E-state index contributed by atoms with van der Waals surface area (Å²) in [7, 11) is 0. The van der Waals surface area contributed by atoms with Gasteiger partial charge in [0.05, 0.1) is 0 Å². The van der Waals surface area contributed by atoms with Crippen LogP contribution in [0.4, 0.5) is 5.69 Å². The number of hydrogen-bond donors (Lipinski definition) is 1. The molecule has 1 aromatic rings. The Bertz CT molecular complexity index is 482. The number of rotatable bonds is 3. The molecule has 5 heteroatoms. The van der Waals surface area contributed by atoms with Gasteiger partial charge in [-0.05, 0) is 30.4 Å². The number of hydrogen-bond acceptors (Lipinski definition) is 3. The van der Waals surface area contributed by atoms with E-state index in [4.69, 9.17) is 16.7 Å². The molecule has 1 fully saturated rings. The third-order valence-electron chi connectivity index (χ3n) is 2.99. The molecule has 1 aliphatic rings. The van der Waals surface area contributed by atoms with E-state index < -0.39 is 5.97 Å². The maximum absolute atomic E-state index is 10.7. The molecule has 1 saturated heterocycles. The highest BCUT2D eigenvalue weighted by Crippen LogP contribution is 2.30. The fraction of sp³-hybridized carbons (Fsp3) is 0.357. The molecule has 0 amide bonds. The first-order valence-corrected chi connectivity index (χ1v) is 7.74. The monoisotopic (exact) mass is 297 g/mol. The van der Waals surface area contributed by atoms with Crippen molar-refractivity contribution < 1.29 is 9.90 Å². The summed E-state index contributed by atoms with van der Waals surface area (Å²) in [6.45, 7) is 1.96. The normalized spacial score (nSPS) is 16.6. The number of carbonyl (C=O) groups is 1. The van der Waals surface area contributed by atoms with Crippen molar-refractivity contribution in [2.75, 3.05) is 29.5 Å². The highest BCUT2D eigenvalue weighted by Gasteiger charge is 2.14. The molecule has 0 unspecified atom stereocenters. The molecule has 0 aliphatic carbocycles. The molecule has 1 aliphatic heterocycles. The van der Waals surface area contributed by atoms with E-state index in [1.165, 1.54) is 5.75 Å². The van der Waals surface area contributed by atoms with E-state index in [2.05, 4.69) is 4.90 Å². The Morgan fingerprint density at radius 2 is 2.21 bits per heavy atom. The summed E-state index contributed by atoms with van der Waals surface area (Å²) in [6.07, 6.45) is 3.86. The van der Waals surface area contributed by atoms with Crippen LogP contribution >= 0.6 is 23.4 Å². The van der Waals surface area contributed by atoms with Gasteiger partial charge >= 0.3 is 5.97 Å². The second-order valence-corrected chi connectivity index (χ2v) is 5.93. The Hall–Kier alpha value is -1.13. The molecule has 1 aromatic carbocycles. The van der Waals surface area contributed by atoms with E-state index in [0.717, 1.165) is 42.6 Å². The highest BCUT2D eigenvalue weighted by atomic mass is 35.5. The lowest BCUT2D eigenvalue weighted by Gasteiger charge is -2.24. The summed E-state index contributed by atoms with van der Waals surface area (Å²) in [4.78, 5) is 13.0. The van der Waals surface area contributed by atoms with Crippen molar-refractivity contribution in [3.05, 3.63) is 34.9 Å². The summed E-state index contributed by atoms with van der Waals surface area (Å²) >= 11 is 8.15. The van der Waals surface area contributed by atoms with Gasteiger partial charge in [-0.3, -0.25) is 0 Å². The zero-order valence-electron chi connectivity index (χ0n) is 10.5. The molecule has 0 atom stereocenters. The minimum Gasteiger partial charge on any atom is -0.478 e. The Morgan fingerprint density at radius 3 is 3.00 bits per heavy atom. The molecule has 0 aromatic heterocycles. The molecule has 0 radical (unpaired) electrons. The summed E-state index contributed by atoms with van der Waals surface area (Å²) in [5.74, 6) is 1.31. The molecular weight excluding hydrogens is 282 g/mol. The van der Waals surface area contributed by atoms with Gasteiger partial charge in [0.2, 0.25) is 0 Å². The van der Waals surface area contributed by atoms with Gasteiger partial charge in [-0.25, -0.2) is 4.79 Å². The van der Waals surface area contributed by atoms with Gasteiger partial charge in [0.1, 0.15) is 0 Å². The average Bonchev–Trinajstić information content (AvgIpc) is 2.65. The van der Waals surface area contributed by atoms with Crippen LogP contribution in [0.2, 0.25) is 5.02 Å². The number of benzene rings is 1. The van der Waals surface area contributed by atoms with Gasteiger partial charge in [0, 0.05) is 41.2 Å². The van der Waals surface area contributed by atoms with Crippen LogP contribution in [0.1, 0.15) is 12.0 Å². The highest BCUT2D eigenvalue weighted by molar-refractivity contribution is 7.99. The minimum atomic E-state index is -0.961. The lowest BCUT2D eigenvalue weighted by Crippen LogP contribution is -2.26. The van der Waals surface area contributed by atoms with Crippen LogP contribution in [0.15, 0.2) is 24.3 Å². The van der Waals surface area contributed by atoms with Crippen LogP contribution in [-0.4, -0.2) is 35.7 Å². The predicted molar refractivity (Wildman–Crippen MR) is 82.3 cm³/mol. The maximum Gasteiger partial charge on any atom is 0.328 e. The number of carboxylic acid groups (broad SMARTS) is 1. The molecule has 102 valence electrons. The zero-order chi connectivity index (χ0) is 13.7. The van der Waals surface area contributed by atoms with Crippen molar-refractivity contribution in [3.63, 3.8) is 0 Å². The van der Waals surface area contributed by atoms with Gasteiger partial charge in [-0.1, -0.05) is 17.7 Å². The van der Waals surface area contributed by atoms with Gasteiger partial charge in [0.25, 0.3) is 0 Å². The predicted octanol–water partition coefficient (Wildman–Crippen LogP) is 3.38. The van der Waals surface area contributed by atoms with Gasteiger partial charge in [0.15, 0.2) is 0 Å². The summed E-state index contributed by atoms with van der Waals surface area (Å²) in [5.41, 5.74) is 1.81. The lowest BCUT2D eigenvalue weighted by molar-refractivity contribution is -0.131. The Balaban J connectivity index is 2.32. The summed E-state index contributed by atoms with van der Waals surface area (Å²) in [6, 6.07) is 5.70. The SMILES string of the molecule is O=C(O)C=Cc1c(Cl)cccc1N1CCCSCC1. The number of halogens is 1. The van der Waals surface area contributed by atoms with Crippen LogP contribution in [-0.2, 0) is 4.79 Å². The van der Waals surface area contributed by atoms with Crippen LogP contribution in [0, 0.1) is 0 Å². The van der Waals surface area contributed by atoms with Crippen molar-refractivity contribution in [2.24, 2.45) is 0 Å². The first kappa shape index (κ1) is 14.3. The largest absolute Gasteiger partial charge is 0.478 e. The Labute approximate surface area is 122 Å². The summed E-state index contributed by atoms with van der Waals surface area (Å²) < 4.78 is 0. The average molecular weight is 298 g/mol. The molecule has 2 rings (SSSR count). The molecule has 1 heterocycles. The fourth-order valence-electron chi connectivity index (χ4n) is 2.11. The number of nitrogens with zero attached hydrogens (tertiary/aromatic N) is 1. The fourth-order valence-corrected chi connectivity index (χ4v) is 3.23. The van der Waals surface area contributed by atoms with E-state index in [-0.39, 0.29) is 0 Å². The minimum absolute atomic E-state index is 0.590. The standard InChI is InChI=1S/C14H16ClNO2S/c15-12-3-1-4-13(11(12)5-6-14(17)18)16-7-2-9-19-10-8-16/h1,3-6H,2,7-10H2,(H,17,18). The lowest BCUT2D eigenvalue weighted by atomic mass is 10.1. The Kier molecular flexibility index (Phi) is 5.16. The second-order valence-electron chi connectivity index (χ2n) is 4.30. The van der Waals surface area contributed by atoms with E-state index in [1.54, 1.807) is 12.1 Å². The maximum atomic E-state index is 10.7. The topological polar surface area (TPSA) is 40.5 Å². The van der Waals surface area contributed by atoms with E-state index >= 15 is 0 Å². The van der Waals surface area contributed by atoms with Crippen molar-refractivity contribution in [2.45, 2.75) is 6.42 Å². The first-order chi connectivity index (χ1) is 9.18. The van der Waals surface area contributed by atoms with Gasteiger partial charge in [-0.2, -0.15) is 11.8 Å². The number of thioether (sulfide) groups is 1. The van der Waals surface area contributed by atoms with Crippen LogP contribution in [0.3, 0.4) is 0 Å². The Morgan fingerprint density at radius 1 is 1.37 bits per heavy atom. The third kappa shape index (κ3) is 3.91. The van der Waals surface area contributed by atoms with Gasteiger partial charge in [-0.15, -0.1) is 0 Å². The van der Waals surface area contributed by atoms with Crippen molar-refractivity contribution in [1.82, 2.24) is 0 Å². The zero-order valence-corrected chi connectivity index (χ0v) is 12.1. The molecule has 1 N–H and O–H groups in total. The molecule has 0 spiro atoms. The number of carboxylic acids is 1. The molecule has 19 heavy (non-hydrogen) atoms. The first-order valence-electron chi connectivity index (χ1n) is 6.20. The molecule has 0 saturated carbocycles. The molecule has 3 nitrogen and oxygen atoms in total. The van der Waals surface area contributed by atoms with E-state index in [9.17, 15) is 4.79 Å². The van der Waals surface area contributed by atoms with Crippen molar-refractivity contribution in [3.8, 4) is 0 Å². The van der Waals surface area contributed by atoms with Crippen molar-refractivity contribution >= 4 is 41.1 Å². The van der Waals surface area contributed by atoms with Crippen LogP contribution in [0.25, 0.3) is 6.08 Å². The van der Waals surface area contributed by atoms with E-state index in [1.807, 2.05) is 23.9 Å². The summed E-state index contributed by atoms with van der Waals surface area (Å²) in [5, 5.41) is 9.35.